The first-order chi connectivity index (χ1) is 7.91. The largest absolute Gasteiger partial charge is 0.125 e. The molecule has 17 heavy (non-hydrogen) atoms. The molecule has 0 radical (unpaired) electrons. The van der Waals surface area contributed by atoms with Gasteiger partial charge in [0.2, 0.25) is 0 Å². The van der Waals surface area contributed by atoms with E-state index in [1.165, 1.54) is 29.0 Å². The van der Waals surface area contributed by atoms with E-state index in [4.69, 9.17) is 46.4 Å². The van der Waals surface area contributed by atoms with Crippen LogP contribution in [0.5, 0.6) is 0 Å². The van der Waals surface area contributed by atoms with E-state index < -0.39 is 0 Å². The first kappa shape index (κ1) is 15.3. The number of hydrogen-bond acceptors (Lipinski definition) is 1. The number of halogens is 4. The first-order valence-corrected chi connectivity index (χ1v) is 7.06. The van der Waals surface area contributed by atoms with Gasteiger partial charge in [-0.2, -0.15) is 0 Å². The third-order valence-electron chi connectivity index (χ3n) is 2.03. The van der Waals surface area contributed by atoms with Crippen molar-refractivity contribution in [1.82, 2.24) is 0 Å². The summed E-state index contributed by atoms with van der Waals surface area (Å²) >= 11 is 24.4. The van der Waals surface area contributed by atoms with Gasteiger partial charge in [-0.3, -0.25) is 0 Å². The Morgan fingerprint density at radius 3 is 2.06 bits per heavy atom. The van der Waals surface area contributed by atoms with Crippen molar-refractivity contribution in [1.29, 1.82) is 0 Å². The molecule has 5 heteroatoms. The van der Waals surface area contributed by atoms with Crippen molar-refractivity contribution >= 4 is 58.2 Å². The molecule has 0 atom stereocenters. The zero-order valence-electron chi connectivity index (χ0n) is 9.23. The Morgan fingerprint density at radius 2 is 1.59 bits per heavy atom. The fourth-order valence-electron chi connectivity index (χ4n) is 1.24. The van der Waals surface area contributed by atoms with Crippen molar-refractivity contribution in [2.45, 2.75) is 18.7 Å². The summed E-state index contributed by atoms with van der Waals surface area (Å²) in [4.78, 5) is 1.11. The van der Waals surface area contributed by atoms with Gasteiger partial charge in [0.25, 0.3) is 0 Å². The van der Waals surface area contributed by atoms with E-state index in [2.05, 4.69) is 0 Å². The SMILES string of the molecule is Cc1cccc(C)c1SC(Cl)=CC(Cl)=C(Cl)Cl. The predicted octanol–water partition coefficient (Wildman–Crippen LogP) is 6.36. The molecule has 0 aliphatic carbocycles. The lowest BCUT2D eigenvalue weighted by molar-refractivity contribution is 1.22. The maximum absolute atomic E-state index is 6.09. The van der Waals surface area contributed by atoms with Crippen LogP contribution in [0.1, 0.15) is 11.1 Å². The smallest absolute Gasteiger partial charge is 0.0816 e. The molecule has 0 nitrogen and oxygen atoms in total. The summed E-state index contributed by atoms with van der Waals surface area (Å²) in [7, 11) is 0. The Hall–Kier alpha value is 0.210. The van der Waals surface area contributed by atoms with Crippen molar-refractivity contribution in [3.63, 3.8) is 0 Å². The molecule has 0 saturated heterocycles. The minimum atomic E-state index is 0.00641. The minimum Gasteiger partial charge on any atom is -0.0816 e. The van der Waals surface area contributed by atoms with Crippen LogP contribution in [0, 0.1) is 13.8 Å². The van der Waals surface area contributed by atoms with Gasteiger partial charge in [-0.15, -0.1) is 0 Å². The lowest BCUT2D eigenvalue weighted by Gasteiger charge is -2.07. The minimum absolute atomic E-state index is 0.00641. The highest BCUT2D eigenvalue weighted by molar-refractivity contribution is 8.04. The highest BCUT2D eigenvalue weighted by Crippen LogP contribution is 2.36. The van der Waals surface area contributed by atoms with Crippen LogP contribution < -0.4 is 0 Å². The predicted molar refractivity (Wildman–Crippen MR) is 80.3 cm³/mol. The summed E-state index contributed by atoms with van der Waals surface area (Å²) in [5.41, 5.74) is 2.33. The fraction of sp³-hybridized carbons (Fsp3) is 0.167. The summed E-state index contributed by atoms with van der Waals surface area (Å²) in [5.74, 6) is 0. The summed E-state index contributed by atoms with van der Waals surface area (Å²) < 4.78 is 0.526. The molecule has 0 amide bonds. The molecule has 92 valence electrons. The van der Waals surface area contributed by atoms with E-state index in [1.807, 2.05) is 32.0 Å². The molecule has 0 unspecified atom stereocenters. The van der Waals surface area contributed by atoms with E-state index >= 15 is 0 Å². The monoisotopic (exact) mass is 326 g/mol. The van der Waals surface area contributed by atoms with Gasteiger partial charge in [-0.05, 0) is 31.1 Å². The van der Waals surface area contributed by atoms with E-state index in [0.717, 1.165) is 4.90 Å². The van der Waals surface area contributed by atoms with Gasteiger partial charge < -0.3 is 0 Å². The molecular formula is C12H10Cl4S. The fourth-order valence-corrected chi connectivity index (χ4v) is 2.75. The second-order valence-corrected chi connectivity index (χ2v) is 6.42. The Morgan fingerprint density at radius 1 is 1.06 bits per heavy atom. The van der Waals surface area contributed by atoms with Crippen LogP contribution in [-0.4, -0.2) is 0 Å². The molecule has 0 heterocycles. The third-order valence-corrected chi connectivity index (χ3v) is 4.43. The van der Waals surface area contributed by atoms with Gasteiger partial charge in [-0.1, -0.05) is 76.4 Å². The third kappa shape index (κ3) is 4.76. The van der Waals surface area contributed by atoms with Gasteiger partial charge in [-0.25, -0.2) is 0 Å². The summed E-state index contributed by atoms with van der Waals surface area (Å²) in [6.45, 7) is 4.07. The molecule has 0 spiro atoms. The van der Waals surface area contributed by atoms with Crippen LogP contribution in [-0.2, 0) is 0 Å². The average molecular weight is 328 g/mol. The molecule has 0 bridgehead atoms. The Balaban J connectivity index is 2.96. The van der Waals surface area contributed by atoms with Gasteiger partial charge in [0.15, 0.2) is 0 Å². The molecule has 0 aliphatic rings. The Bertz CT molecular complexity index is 453. The van der Waals surface area contributed by atoms with Crippen molar-refractivity contribution < 1.29 is 0 Å². The number of benzene rings is 1. The summed E-state index contributed by atoms with van der Waals surface area (Å²) in [5, 5.41) is 0.233. The van der Waals surface area contributed by atoms with Crippen molar-refractivity contribution in [2.75, 3.05) is 0 Å². The highest BCUT2D eigenvalue weighted by Gasteiger charge is 2.06. The van der Waals surface area contributed by atoms with Crippen LogP contribution in [0.3, 0.4) is 0 Å². The van der Waals surface area contributed by atoms with Gasteiger partial charge in [0.05, 0.1) is 9.40 Å². The molecule has 1 aromatic rings. The maximum Gasteiger partial charge on any atom is 0.125 e. The van der Waals surface area contributed by atoms with Crippen LogP contribution in [0.4, 0.5) is 0 Å². The van der Waals surface area contributed by atoms with Crippen molar-refractivity contribution in [2.24, 2.45) is 0 Å². The number of rotatable bonds is 3. The van der Waals surface area contributed by atoms with Crippen LogP contribution >= 0.6 is 58.2 Å². The van der Waals surface area contributed by atoms with E-state index in [1.54, 1.807) is 0 Å². The van der Waals surface area contributed by atoms with E-state index in [9.17, 15) is 0 Å². The van der Waals surface area contributed by atoms with Crippen LogP contribution in [0.2, 0.25) is 0 Å². The van der Waals surface area contributed by atoms with E-state index in [-0.39, 0.29) is 9.52 Å². The maximum atomic E-state index is 6.09. The molecule has 0 aromatic heterocycles. The van der Waals surface area contributed by atoms with Gasteiger partial charge in [0, 0.05) is 4.90 Å². The van der Waals surface area contributed by atoms with Crippen molar-refractivity contribution in [3.05, 3.63) is 49.3 Å². The lowest BCUT2D eigenvalue weighted by atomic mass is 10.2. The topological polar surface area (TPSA) is 0 Å². The molecule has 0 fully saturated rings. The summed E-state index contributed by atoms with van der Waals surface area (Å²) in [6, 6.07) is 6.08. The second kappa shape index (κ2) is 6.96. The van der Waals surface area contributed by atoms with E-state index in [0.29, 0.717) is 4.36 Å². The first-order valence-electron chi connectivity index (χ1n) is 4.74. The number of allylic oxidation sites excluding steroid dienone is 2. The van der Waals surface area contributed by atoms with Crippen LogP contribution in [0.15, 0.2) is 43.1 Å². The van der Waals surface area contributed by atoms with Gasteiger partial charge in [0.1, 0.15) is 4.49 Å². The number of hydrogen-bond donors (Lipinski definition) is 0. The number of aryl methyl sites for hydroxylation is 2. The van der Waals surface area contributed by atoms with Crippen LogP contribution in [0.25, 0.3) is 0 Å². The zero-order valence-corrected chi connectivity index (χ0v) is 13.1. The quantitative estimate of drug-likeness (QED) is 0.459. The molecular weight excluding hydrogens is 318 g/mol. The molecule has 1 rings (SSSR count). The molecule has 1 aromatic carbocycles. The van der Waals surface area contributed by atoms with Crippen molar-refractivity contribution in [3.8, 4) is 0 Å². The van der Waals surface area contributed by atoms with Gasteiger partial charge >= 0.3 is 0 Å². The molecule has 0 N–H and O–H groups in total. The molecule has 0 aliphatic heterocycles. The normalized spacial score (nSPS) is 11.5. The Kier molecular flexibility index (Phi) is 6.25. The zero-order chi connectivity index (χ0) is 13.0. The summed E-state index contributed by atoms with van der Waals surface area (Å²) in [6.07, 6.45) is 1.54. The Labute approximate surface area is 126 Å². The average Bonchev–Trinajstić information content (AvgIpc) is 2.23. The number of thioether (sulfide) groups is 1. The highest BCUT2D eigenvalue weighted by atomic mass is 35.5. The lowest BCUT2D eigenvalue weighted by Crippen LogP contribution is -1.83. The second-order valence-electron chi connectivity index (χ2n) is 3.38. The molecule has 0 saturated carbocycles. The standard InChI is InChI=1S/C12H10Cl4S/c1-7-4-3-5-8(2)11(7)17-10(14)6-9(13)12(15)16/h3-6H,1-2H3.